The number of carbonyl (C=O) groups excluding carboxylic acids is 2. The molecule has 0 spiro atoms. The van der Waals surface area contributed by atoms with E-state index in [1.807, 2.05) is 37.3 Å². The number of hydrogen-bond acceptors (Lipinski definition) is 7. The smallest absolute Gasteiger partial charge is 0.342 e. The molecule has 176 valence electrons. The summed E-state index contributed by atoms with van der Waals surface area (Å²) >= 11 is 0. The number of carbonyl (C=O) groups is 2. The molecule has 1 aromatic heterocycles. The quantitative estimate of drug-likeness (QED) is 0.490. The molecule has 2 aromatic carbocycles. The van der Waals surface area contributed by atoms with Crippen LogP contribution in [-0.4, -0.2) is 38.6 Å². The van der Waals surface area contributed by atoms with Gasteiger partial charge in [0.25, 0.3) is 5.91 Å². The van der Waals surface area contributed by atoms with Gasteiger partial charge in [-0.25, -0.2) is 18.4 Å². The number of esters is 1. The lowest BCUT2D eigenvalue weighted by atomic mass is 10.2. The molecule has 0 aliphatic carbocycles. The molecule has 0 saturated heterocycles. The van der Waals surface area contributed by atoms with Crippen LogP contribution in [0.1, 0.15) is 27.2 Å². The average Bonchev–Trinajstić information content (AvgIpc) is 3.05. The maximum Gasteiger partial charge on any atom is 0.342 e. The first-order valence-corrected chi connectivity index (χ1v) is 11.5. The van der Waals surface area contributed by atoms with Crippen molar-refractivity contribution in [2.45, 2.75) is 18.7 Å². The van der Waals surface area contributed by atoms with Gasteiger partial charge < -0.3 is 14.8 Å². The first-order valence-electron chi connectivity index (χ1n) is 9.93. The standard InChI is InChI=1S/C23H22N4O6S/c1-14-15(2)27(16-7-5-4-6-8-16)22(19(14)12-24)26-21(28)13-33-23(29)18-11-17(34(25,30)31)9-10-20(18)32-3/h4-11H,13H2,1-3H3,(H,26,28)(H2,25,30,31). The van der Waals surface area contributed by atoms with Crippen LogP contribution >= 0.6 is 0 Å². The van der Waals surface area contributed by atoms with Crippen LogP contribution in [-0.2, 0) is 19.6 Å². The Morgan fingerprint density at radius 3 is 2.41 bits per heavy atom. The van der Waals surface area contributed by atoms with Crippen LogP contribution in [0.3, 0.4) is 0 Å². The van der Waals surface area contributed by atoms with Crippen LogP contribution in [0.4, 0.5) is 5.82 Å². The van der Waals surface area contributed by atoms with E-state index in [-0.39, 0.29) is 27.6 Å². The Labute approximate surface area is 196 Å². The van der Waals surface area contributed by atoms with Crippen LogP contribution in [0.5, 0.6) is 5.75 Å². The molecule has 0 atom stereocenters. The summed E-state index contributed by atoms with van der Waals surface area (Å²) in [5, 5.41) is 17.4. The number of nitrogens with two attached hydrogens (primary N) is 1. The summed E-state index contributed by atoms with van der Waals surface area (Å²) in [6.45, 7) is 2.90. The highest BCUT2D eigenvalue weighted by atomic mass is 32.2. The van der Waals surface area contributed by atoms with E-state index in [0.717, 1.165) is 17.4 Å². The fourth-order valence-corrected chi connectivity index (χ4v) is 3.90. The summed E-state index contributed by atoms with van der Waals surface area (Å²) in [6.07, 6.45) is 0. The highest BCUT2D eigenvalue weighted by Gasteiger charge is 2.23. The van der Waals surface area contributed by atoms with Crippen molar-refractivity contribution < 1.29 is 27.5 Å². The van der Waals surface area contributed by atoms with Gasteiger partial charge in [-0.05, 0) is 49.7 Å². The van der Waals surface area contributed by atoms with Crippen LogP contribution in [0.25, 0.3) is 5.69 Å². The lowest BCUT2D eigenvalue weighted by Crippen LogP contribution is -2.23. The third-order valence-electron chi connectivity index (χ3n) is 5.15. The van der Waals surface area contributed by atoms with Crippen molar-refractivity contribution in [3.05, 3.63) is 70.9 Å². The van der Waals surface area contributed by atoms with E-state index in [4.69, 9.17) is 14.6 Å². The van der Waals surface area contributed by atoms with Crippen LogP contribution in [0, 0.1) is 25.2 Å². The minimum atomic E-state index is -4.07. The van der Waals surface area contributed by atoms with Gasteiger partial charge in [0.2, 0.25) is 10.0 Å². The molecule has 3 aromatic rings. The van der Waals surface area contributed by atoms with Crippen molar-refractivity contribution in [1.82, 2.24) is 4.57 Å². The normalized spacial score (nSPS) is 10.9. The van der Waals surface area contributed by atoms with Crippen LogP contribution in [0.2, 0.25) is 0 Å². The summed E-state index contributed by atoms with van der Waals surface area (Å²) < 4.78 is 35.1. The number of hydrogen-bond donors (Lipinski definition) is 2. The van der Waals surface area contributed by atoms with E-state index in [2.05, 4.69) is 11.4 Å². The molecule has 1 heterocycles. The second-order valence-corrected chi connectivity index (χ2v) is 8.81. The zero-order valence-electron chi connectivity index (χ0n) is 18.7. The summed E-state index contributed by atoms with van der Waals surface area (Å²) in [5.74, 6) is -1.38. The number of sulfonamides is 1. The number of nitrogens with zero attached hydrogens (tertiary/aromatic N) is 2. The summed E-state index contributed by atoms with van der Waals surface area (Å²) in [4.78, 5) is 24.9. The topological polar surface area (TPSA) is 154 Å². The van der Waals surface area contributed by atoms with E-state index in [1.54, 1.807) is 11.5 Å². The van der Waals surface area contributed by atoms with E-state index in [9.17, 15) is 23.3 Å². The molecule has 34 heavy (non-hydrogen) atoms. The van der Waals surface area contributed by atoms with Crippen molar-refractivity contribution in [1.29, 1.82) is 5.26 Å². The largest absolute Gasteiger partial charge is 0.496 e. The number of nitrogens with one attached hydrogen (secondary N) is 1. The fraction of sp³-hybridized carbons (Fsp3) is 0.174. The van der Waals surface area contributed by atoms with Gasteiger partial charge in [-0.15, -0.1) is 0 Å². The molecule has 0 aliphatic heterocycles. The molecule has 3 rings (SSSR count). The number of methoxy groups -OCH3 is 1. The maximum absolute atomic E-state index is 12.6. The van der Waals surface area contributed by atoms with Gasteiger partial charge in [-0.3, -0.25) is 9.36 Å². The van der Waals surface area contributed by atoms with Crippen molar-refractivity contribution >= 4 is 27.7 Å². The van der Waals surface area contributed by atoms with Crippen LogP contribution in [0.15, 0.2) is 53.4 Å². The molecule has 1 amide bonds. The summed E-state index contributed by atoms with van der Waals surface area (Å²) in [7, 11) is -2.78. The predicted octanol–water partition coefficient (Wildman–Crippen LogP) is 2.42. The molecular weight excluding hydrogens is 460 g/mol. The first kappa shape index (κ1) is 24.5. The Morgan fingerprint density at radius 1 is 1.15 bits per heavy atom. The number of primary sulfonamides is 1. The third kappa shape index (κ3) is 4.93. The molecule has 0 unspecified atom stereocenters. The average molecular weight is 483 g/mol. The van der Waals surface area contributed by atoms with E-state index < -0.39 is 28.5 Å². The third-order valence-corrected chi connectivity index (χ3v) is 6.06. The highest BCUT2D eigenvalue weighted by Crippen LogP contribution is 2.30. The number of aromatic nitrogens is 1. The highest BCUT2D eigenvalue weighted by molar-refractivity contribution is 7.89. The molecule has 0 fully saturated rings. The fourth-order valence-electron chi connectivity index (χ4n) is 3.36. The number of benzene rings is 2. The molecule has 3 N–H and O–H groups in total. The number of anilines is 1. The zero-order valence-corrected chi connectivity index (χ0v) is 19.5. The van der Waals surface area contributed by atoms with Gasteiger partial charge in [0.15, 0.2) is 6.61 Å². The minimum absolute atomic E-state index is 0.0498. The minimum Gasteiger partial charge on any atom is -0.496 e. The van der Waals surface area contributed by atoms with Gasteiger partial charge in [-0.2, -0.15) is 5.26 Å². The number of para-hydroxylation sites is 1. The monoisotopic (exact) mass is 482 g/mol. The van der Waals surface area contributed by atoms with Gasteiger partial charge in [0.1, 0.15) is 23.2 Å². The predicted molar refractivity (Wildman–Crippen MR) is 123 cm³/mol. The molecule has 10 nitrogen and oxygen atoms in total. The number of rotatable bonds is 7. The van der Waals surface area contributed by atoms with Crippen molar-refractivity contribution in [2.75, 3.05) is 19.0 Å². The first-order chi connectivity index (χ1) is 16.1. The van der Waals surface area contributed by atoms with Crippen molar-refractivity contribution in [2.24, 2.45) is 5.14 Å². The Hall–Kier alpha value is -4.14. The van der Waals surface area contributed by atoms with E-state index in [1.165, 1.54) is 19.2 Å². The SMILES string of the molecule is COc1ccc(S(N)(=O)=O)cc1C(=O)OCC(=O)Nc1c(C#N)c(C)c(C)n1-c1ccccc1. The molecule has 0 saturated carbocycles. The number of ether oxygens (including phenoxy) is 2. The lowest BCUT2D eigenvalue weighted by Gasteiger charge is -2.14. The Kier molecular flexibility index (Phi) is 7.05. The second-order valence-electron chi connectivity index (χ2n) is 7.25. The molecule has 0 bridgehead atoms. The zero-order chi connectivity index (χ0) is 25.0. The van der Waals surface area contributed by atoms with Crippen LogP contribution < -0.4 is 15.2 Å². The van der Waals surface area contributed by atoms with Crippen molar-refractivity contribution in [3.8, 4) is 17.5 Å². The van der Waals surface area contributed by atoms with Crippen molar-refractivity contribution in [3.63, 3.8) is 0 Å². The Bertz CT molecular complexity index is 1410. The molecule has 0 aliphatic rings. The van der Waals surface area contributed by atoms with E-state index >= 15 is 0 Å². The molecular formula is C23H22N4O6S. The van der Waals surface area contributed by atoms with Gasteiger partial charge in [0, 0.05) is 11.4 Å². The summed E-state index contributed by atoms with van der Waals surface area (Å²) in [6, 6.07) is 14.7. The van der Waals surface area contributed by atoms with Gasteiger partial charge in [0.05, 0.1) is 17.6 Å². The van der Waals surface area contributed by atoms with Gasteiger partial charge >= 0.3 is 5.97 Å². The van der Waals surface area contributed by atoms with Gasteiger partial charge in [-0.1, -0.05) is 18.2 Å². The second kappa shape index (κ2) is 9.78. The lowest BCUT2D eigenvalue weighted by molar-refractivity contribution is -0.119. The summed E-state index contributed by atoms with van der Waals surface area (Å²) in [5.41, 5.74) is 2.27. The molecule has 0 radical (unpaired) electrons. The molecule has 11 heteroatoms. The number of amides is 1. The Balaban J connectivity index is 1.84. The number of nitriles is 1. The van der Waals surface area contributed by atoms with E-state index in [0.29, 0.717) is 5.56 Å². The maximum atomic E-state index is 12.6. The Morgan fingerprint density at radius 2 is 1.82 bits per heavy atom.